The molecule has 4 aliphatic rings. The molecule has 3 saturated carbocycles. The Labute approximate surface area is 179 Å². The molecular formula is C25H36O5. The molecule has 0 aromatic rings. The number of allylic oxidation sites excluding steroid dienone is 1. The molecule has 0 radical (unpaired) electrons. The van der Waals surface area contributed by atoms with E-state index in [1.165, 1.54) is 5.57 Å². The van der Waals surface area contributed by atoms with Gasteiger partial charge in [0.2, 0.25) is 0 Å². The first-order valence-electron chi connectivity index (χ1n) is 11.9. The molecule has 166 valence electrons. The molecule has 0 saturated heterocycles. The second-order valence-corrected chi connectivity index (χ2v) is 10.4. The standard InChI is InChI=1S/C25H36O5/c1-5-22(27)29-20-14-25(4)15(13-19(20)26)7-8-16-17-9-10-21(30-23(28)6-2)24(17,3)12-11-18(16)25/h13,16-18,20-21H,5-12,14H2,1-4H3/t16-,17-,18-,20-,21-,24-,25-/m0/s1. The molecule has 4 rings (SSSR count). The third kappa shape index (κ3) is 3.33. The van der Waals surface area contributed by atoms with E-state index in [9.17, 15) is 14.4 Å². The second-order valence-electron chi connectivity index (χ2n) is 10.4. The summed E-state index contributed by atoms with van der Waals surface area (Å²) in [7, 11) is 0. The van der Waals surface area contributed by atoms with Crippen LogP contribution in [0.5, 0.6) is 0 Å². The zero-order valence-electron chi connectivity index (χ0n) is 18.9. The van der Waals surface area contributed by atoms with E-state index in [0.717, 1.165) is 38.5 Å². The highest BCUT2D eigenvalue weighted by Crippen LogP contribution is 2.65. The number of esters is 2. The van der Waals surface area contributed by atoms with E-state index in [1.54, 1.807) is 13.0 Å². The molecule has 0 spiro atoms. The van der Waals surface area contributed by atoms with Crippen LogP contribution in [0, 0.1) is 28.6 Å². The van der Waals surface area contributed by atoms with Crippen LogP contribution in [0.3, 0.4) is 0 Å². The molecule has 0 aromatic heterocycles. The van der Waals surface area contributed by atoms with Gasteiger partial charge in [-0.05, 0) is 67.8 Å². The summed E-state index contributed by atoms with van der Waals surface area (Å²) in [5, 5.41) is 0. The van der Waals surface area contributed by atoms with Crippen molar-refractivity contribution in [3.63, 3.8) is 0 Å². The van der Waals surface area contributed by atoms with Gasteiger partial charge in [0, 0.05) is 24.7 Å². The molecule has 0 aliphatic heterocycles. The zero-order chi connectivity index (χ0) is 21.7. The van der Waals surface area contributed by atoms with Gasteiger partial charge in [0.25, 0.3) is 0 Å². The van der Waals surface area contributed by atoms with Crippen LogP contribution in [0.4, 0.5) is 0 Å². The predicted octanol–water partition coefficient (Wildman–Crippen LogP) is 4.77. The molecule has 0 bridgehead atoms. The van der Waals surface area contributed by atoms with Crippen LogP contribution in [0.25, 0.3) is 0 Å². The van der Waals surface area contributed by atoms with Gasteiger partial charge >= 0.3 is 11.9 Å². The highest BCUT2D eigenvalue weighted by Gasteiger charge is 2.60. The molecule has 5 nitrogen and oxygen atoms in total. The summed E-state index contributed by atoms with van der Waals surface area (Å²) in [6.45, 7) is 8.24. The summed E-state index contributed by atoms with van der Waals surface area (Å²) in [6.07, 6.45) is 8.79. The lowest BCUT2D eigenvalue weighted by Gasteiger charge is -2.58. The number of fused-ring (bicyclic) bond motifs is 5. The number of hydrogen-bond donors (Lipinski definition) is 0. The van der Waals surface area contributed by atoms with Crippen LogP contribution in [0.15, 0.2) is 11.6 Å². The maximum Gasteiger partial charge on any atom is 0.306 e. The average Bonchev–Trinajstić information content (AvgIpc) is 3.05. The minimum atomic E-state index is -0.639. The Balaban J connectivity index is 1.57. The van der Waals surface area contributed by atoms with Crippen molar-refractivity contribution < 1.29 is 23.9 Å². The first-order valence-corrected chi connectivity index (χ1v) is 11.9. The van der Waals surface area contributed by atoms with E-state index >= 15 is 0 Å². The van der Waals surface area contributed by atoms with E-state index < -0.39 is 6.10 Å². The fraction of sp³-hybridized carbons (Fsp3) is 0.800. The van der Waals surface area contributed by atoms with Crippen LogP contribution in [-0.2, 0) is 23.9 Å². The van der Waals surface area contributed by atoms with Crippen molar-refractivity contribution in [3.05, 3.63) is 11.6 Å². The number of carbonyl (C=O) groups is 3. The molecular weight excluding hydrogens is 380 g/mol. The predicted molar refractivity (Wildman–Crippen MR) is 112 cm³/mol. The van der Waals surface area contributed by atoms with Crippen LogP contribution in [-0.4, -0.2) is 29.9 Å². The van der Waals surface area contributed by atoms with Crippen molar-refractivity contribution in [2.24, 2.45) is 28.6 Å². The first-order chi connectivity index (χ1) is 14.2. The number of ether oxygens (including phenoxy) is 2. The van der Waals surface area contributed by atoms with Crippen LogP contribution < -0.4 is 0 Å². The van der Waals surface area contributed by atoms with Crippen LogP contribution in [0.2, 0.25) is 0 Å². The van der Waals surface area contributed by atoms with Crippen molar-refractivity contribution >= 4 is 17.7 Å². The number of carbonyl (C=O) groups excluding carboxylic acids is 3. The third-order valence-corrected chi connectivity index (χ3v) is 9.02. The van der Waals surface area contributed by atoms with E-state index in [4.69, 9.17) is 9.47 Å². The van der Waals surface area contributed by atoms with Gasteiger partial charge < -0.3 is 9.47 Å². The lowest BCUT2D eigenvalue weighted by molar-refractivity contribution is -0.162. The topological polar surface area (TPSA) is 69.7 Å². The molecule has 0 heterocycles. The smallest absolute Gasteiger partial charge is 0.306 e. The van der Waals surface area contributed by atoms with Crippen molar-refractivity contribution in [1.82, 2.24) is 0 Å². The number of hydrogen-bond acceptors (Lipinski definition) is 5. The van der Waals surface area contributed by atoms with Gasteiger partial charge in [-0.15, -0.1) is 0 Å². The number of ketones is 1. The first kappa shape index (κ1) is 21.6. The summed E-state index contributed by atoms with van der Waals surface area (Å²) < 4.78 is 11.4. The maximum atomic E-state index is 12.6. The van der Waals surface area contributed by atoms with E-state index in [0.29, 0.717) is 37.0 Å². The Kier molecular flexibility index (Phi) is 5.61. The van der Waals surface area contributed by atoms with Gasteiger partial charge in [0.1, 0.15) is 6.10 Å². The monoisotopic (exact) mass is 416 g/mol. The molecule has 4 aliphatic carbocycles. The lowest BCUT2D eigenvalue weighted by Crippen LogP contribution is -2.53. The molecule has 0 N–H and O–H groups in total. The second kappa shape index (κ2) is 7.80. The minimum Gasteiger partial charge on any atom is -0.462 e. The summed E-state index contributed by atoms with van der Waals surface area (Å²) in [4.78, 5) is 36.5. The van der Waals surface area contributed by atoms with Gasteiger partial charge in [-0.25, -0.2) is 0 Å². The van der Waals surface area contributed by atoms with Crippen molar-refractivity contribution in [3.8, 4) is 0 Å². The molecule has 0 unspecified atom stereocenters. The van der Waals surface area contributed by atoms with Crippen LogP contribution in [0.1, 0.15) is 85.5 Å². The van der Waals surface area contributed by atoms with E-state index in [1.807, 2.05) is 6.92 Å². The fourth-order valence-electron chi connectivity index (χ4n) is 7.33. The van der Waals surface area contributed by atoms with Crippen molar-refractivity contribution in [2.45, 2.75) is 97.7 Å². The normalized spacial score (nSPS) is 42.5. The lowest BCUT2D eigenvalue weighted by atomic mass is 9.47. The molecule has 0 aromatic carbocycles. The summed E-state index contributed by atoms with van der Waals surface area (Å²) >= 11 is 0. The van der Waals surface area contributed by atoms with Gasteiger partial charge in [-0.3, -0.25) is 14.4 Å². The van der Waals surface area contributed by atoms with Crippen LogP contribution >= 0.6 is 0 Å². The van der Waals surface area contributed by atoms with Crippen molar-refractivity contribution in [2.75, 3.05) is 0 Å². The molecule has 30 heavy (non-hydrogen) atoms. The minimum absolute atomic E-state index is 0.0341. The highest BCUT2D eigenvalue weighted by atomic mass is 16.5. The largest absolute Gasteiger partial charge is 0.462 e. The van der Waals surface area contributed by atoms with E-state index in [2.05, 4.69) is 13.8 Å². The summed E-state index contributed by atoms with van der Waals surface area (Å²) in [6, 6.07) is 0. The Bertz CT molecular complexity index is 770. The average molecular weight is 417 g/mol. The molecule has 5 heteroatoms. The summed E-state index contributed by atoms with van der Waals surface area (Å²) in [5.41, 5.74) is 1.23. The highest BCUT2D eigenvalue weighted by molar-refractivity contribution is 5.96. The van der Waals surface area contributed by atoms with Gasteiger partial charge in [-0.2, -0.15) is 0 Å². The van der Waals surface area contributed by atoms with Gasteiger partial charge in [-0.1, -0.05) is 33.3 Å². The molecule has 3 fully saturated rings. The Morgan fingerprint density at radius 1 is 1.00 bits per heavy atom. The quantitative estimate of drug-likeness (QED) is 0.617. The van der Waals surface area contributed by atoms with E-state index in [-0.39, 0.29) is 34.7 Å². The fourth-order valence-corrected chi connectivity index (χ4v) is 7.33. The Morgan fingerprint density at radius 2 is 1.70 bits per heavy atom. The van der Waals surface area contributed by atoms with Gasteiger partial charge in [0.15, 0.2) is 11.9 Å². The molecule has 7 atom stereocenters. The summed E-state index contributed by atoms with van der Waals surface area (Å²) in [5.74, 6) is 1.19. The Morgan fingerprint density at radius 3 is 2.40 bits per heavy atom. The Hall–Kier alpha value is -1.65. The van der Waals surface area contributed by atoms with Gasteiger partial charge in [0.05, 0.1) is 0 Å². The van der Waals surface area contributed by atoms with Crippen molar-refractivity contribution in [1.29, 1.82) is 0 Å². The maximum absolute atomic E-state index is 12.6. The number of rotatable bonds is 4. The SMILES string of the molecule is CCC(=O)O[C@H]1C[C@@]2(C)C(=CC1=O)CC[C@H]1[C@@H]3CC[C@H](OC(=O)CC)[C@@]3(C)CC[C@@H]12. The zero-order valence-corrected chi connectivity index (χ0v) is 18.9. The molecule has 0 amide bonds. The third-order valence-electron chi connectivity index (χ3n) is 9.02.